The van der Waals surface area contributed by atoms with Crippen LogP contribution in [0.2, 0.25) is 0 Å². The van der Waals surface area contributed by atoms with Crippen molar-refractivity contribution in [2.45, 2.75) is 56.3 Å². The Hall–Kier alpha value is -1.90. The quantitative estimate of drug-likeness (QED) is 0.874. The molecular formula is C23H27NO. The van der Waals surface area contributed by atoms with Crippen molar-refractivity contribution in [3.8, 4) is 0 Å². The van der Waals surface area contributed by atoms with Gasteiger partial charge in [0.15, 0.2) is 0 Å². The number of nitrogens with zero attached hydrogens (tertiary/aromatic N) is 1. The van der Waals surface area contributed by atoms with Crippen LogP contribution in [0.3, 0.4) is 0 Å². The second kappa shape index (κ2) is 6.78. The molecule has 1 N–H and O–H groups in total. The number of fused-ring (bicyclic) bond motifs is 2. The molecule has 2 aromatic carbocycles. The molecule has 0 aliphatic carbocycles. The largest absolute Gasteiger partial charge is 0.385 e. The first kappa shape index (κ1) is 16.6. The second-order valence-electron chi connectivity index (χ2n) is 7.63. The molecule has 2 aliphatic rings. The zero-order chi connectivity index (χ0) is 17.3. The van der Waals surface area contributed by atoms with E-state index in [1.807, 2.05) is 18.2 Å². The van der Waals surface area contributed by atoms with E-state index in [1.54, 1.807) is 0 Å². The number of piperidine rings is 2. The summed E-state index contributed by atoms with van der Waals surface area (Å²) in [5.74, 6) is 0. The van der Waals surface area contributed by atoms with E-state index < -0.39 is 5.60 Å². The second-order valence-corrected chi connectivity index (χ2v) is 7.63. The van der Waals surface area contributed by atoms with E-state index in [4.69, 9.17) is 0 Å². The third kappa shape index (κ3) is 3.17. The Morgan fingerprint density at radius 1 is 1.00 bits per heavy atom. The van der Waals surface area contributed by atoms with Gasteiger partial charge in [-0.2, -0.15) is 0 Å². The van der Waals surface area contributed by atoms with Gasteiger partial charge in [0.05, 0.1) is 5.60 Å². The lowest BCUT2D eigenvalue weighted by atomic mass is 9.71. The minimum atomic E-state index is -0.728. The monoisotopic (exact) mass is 333 g/mol. The van der Waals surface area contributed by atoms with Crippen molar-refractivity contribution in [1.82, 2.24) is 4.90 Å². The average molecular weight is 333 g/mol. The van der Waals surface area contributed by atoms with Crippen molar-refractivity contribution in [1.29, 1.82) is 0 Å². The summed E-state index contributed by atoms with van der Waals surface area (Å²) in [6.45, 7) is 4.93. The molecule has 2 unspecified atom stereocenters. The SMILES string of the molecule is C=Cc1ccccc1C1(O)CC2CCCC(C1)N2Cc1ccccc1. The molecule has 2 fully saturated rings. The highest BCUT2D eigenvalue weighted by Crippen LogP contribution is 2.45. The fourth-order valence-corrected chi connectivity index (χ4v) is 4.89. The third-order valence-electron chi connectivity index (χ3n) is 6.05. The summed E-state index contributed by atoms with van der Waals surface area (Å²) in [7, 11) is 0. The average Bonchev–Trinajstić information content (AvgIpc) is 2.63. The van der Waals surface area contributed by atoms with Crippen molar-refractivity contribution in [3.63, 3.8) is 0 Å². The predicted octanol–water partition coefficient (Wildman–Crippen LogP) is 4.73. The van der Waals surface area contributed by atoms with Crippen molar-refractivity contribution >= 4 is 6.08 Å². The Balaban J connectivity index is 1.61. The first-order valence-electron chi connectivity index (χ1n) is 9.43. The summed E-state index contributed by atoms with van der Waals surface area (Å²) in [6, 6.07) is 19.8. The first-order chi connectivity index (χ1) is 12.2. The molecule has 130 valence electrons. The van der Waals surface area contributed by atoms with Crippen LogP contribution >= 0.6 is 0 Å². The van der Waals surface area contributed by atoms with Gasteiger partial charge in [0, 0.05) is 18.6 Å². The maximum Gasteiger partial charge on any atom is 0.0932 e. The van der Waals surface area contributed by atoms with E-state index in [0.29, 0.717) is 12.1 Å². The normalized spacial score (nSPS) is 29.3. The molecule has 0 radical (unpaired) electrons. The molecule has 2 aliphatic heterocycles. The van der Waals surface area contributed by atoms with Gasteiger partial charge < -0.3 is 5.11 Å². The minimum Gasteiger partial charge on any atom is -0.385 e. The van der Waals surface area contributed by atoms with Crippen LogP contribution in [0.4, 0.5) is 0 Å². The van der Waals surface area contributed by atoms with Crippen LogP contribution < -0.4 is 0 Å². The van der Waals surface area contributed by atoms with Gasteiger partial charge in [0.1, 0.15) is 0 Å². The fourth-order valence-electron chi connectivity index (χ4n) is 4.89. The Morgan fingerprint density at radius 3 is 2.32 bits per heavy atom. The van der Waals surface area contributed by atoms with Crippen LogP contribution in [-0.2, 0) is 12.1 Å². The Kier molecular flexibility index (Phi) is 4.49. The van der Waals surface area contributed by atoms with Crippen molar-refractivity contribution in [2.24, 2.45) is 0 Å². The number of hydrogen-bond acceptors (Lipinski definition) is 2. The molecule has 2 nitrogen and oxygen atoms in total. The lowest BCUT2D eigenvalue weighted by Gasteiger charge is -2.52. The molecule has 2 heterocycles. The minimum absolute atomic E-state index is 0.454. The summed E-state index contributed by atoms with van der Waals surface area (Å²) in [6.07, 6.45) is 7.16. The molecule has 2 saturated heterocycles. The Morgan fingerprint density at radius 2 is 1.64 bits per heavy atom. The van der Waals surface area contributed by atoms with Gasteiger partial charge >= 0.3 is 0 Å². The zero-order valence-corrected chi connectivity index (χ0v) is 14.8. The van der Waals surface area contributed by atoms with Crippen molar-refractivity contribution in [2.75, 3.05) is 0 Å². The number of benzene rings is 2. The fraction of sp³-hybridized carbons (Fsp3) is 0.391. The van der Waals surface area contributed by atoms with Crippen LogP contribution in [0.25, 0.3) is 6.08 Å². The molecule has 2 bridgehead atoms. The highest BCUT2D eigenvalue weighted by Gasteiger charge is 2.46. The molecule has 4 rings (SSSR count). The lowest BCUT2D eigenvalue weighted by molar-refractivity contribution is -0.1000. The third-order valence-corrected chi connectivity index (χ3v) is 6.05. The Labute approximate surface area is 150 Å². The molecule has 0 amide bonds. The topological polar surface area (TPSA) is 23.5 Å². The summed E-state index contributed by atoms with van der Waals surface area (Å²) in [5, 5.41) is 11.6. The maximum atomic E-state index is 11.6. The number of aliphatic hydroxyl groups is 1. The van der Waals surface area contributed by atoms with Gasteiger partial charge in [-0.05, 0) is 42.4 Å². The van der Waals surface area contributed by atoms with E-state index in [9.17, 15) is 5.11 Å². The van der Waals surface area contributed by atoms with E-state index in [-0.39, 0.29) is 0 Å². The predicted molar refractivity (Wildman–Crippen MR) is 103 cm³/mol. The lowest BCUT2D eigenvalue weighted by Crippen LogP contribution is -2.56. The molecule has 25 heavy (non-hydrogen) atoms. The highest BCUT2D eigenvalue weighted by atomic mass is 16.3. The van der Waals surface area contributed by atoms with Crippen LogP contribution in [0, 0.1) is 0 Å². The van der Waals surface area contributed by atoms with Crippen LogP contribution in [-0.4, -0.2) is 22.1 Å². The standard InChI is InChI=1S/C23H27NO/c1-2-19-11-6-7-14-22(19)23(25)15-20-12-8-13-21(16-23)24(20)17-18-9-4-3-5-10-18/h2-7,9-11,14,20-21,25H,1,8,12-13,15-17H2. The van der Waals surface area contributed by atoms with Gasteiger partial charge in [-0.1, -0.05) is 73.7 Å². The molecule has 2 heteroatoms. The van der Waals surface area contributed by atoms with E-state index >= 15 is 0 Å². The van der Waals surface area contributed by atoms with Crippen LogP contribution in [0.15, 0.2) is 61.2 Å². The Bertz CT molecular complexity index is 725. The molecule has 0 saturated carbocycles. The van der Waals surface area contributed by atoms with E-state index in [1.165, 1.54) is 24.8 Å². The van der Waals surface area contributed by atoms with Gasteiger partial charge in [-0.15, -0.1) is 0 Å². The molecule has 2 aromatic rings. The summed E-state index contributed by atoms with van der Waals surface area (Å²) in [5.41, 5.74) is 2.77. The van der Waals surface area contributed by atoms with Gasteiger partial charge in [0.25, 0.3) is 0 Å². The van der Waals surface area contributed by atoms with Crippen LogP contribution in [0.1, 0.15) is 48.8 Å². The highest BCUT2D eigenvalue weighted by molar-refractivity contribution is 5.54. The first-order valence-corrected chi connectivity index (χ1v) is 9.43. The van der Waals surface area contributed by atoms with E-state index in [2.05, 4.69) is 53.9 Å². The molecular weight excluding hydrogens is 306 g/mol. The van der Waals surface area contributed by atoms with Crippen molar-refractivity contribution < 1.29 is 5.11 Å². The summed E-state index contributed by atoms with van der Waals surface area (Å²) < 4.78 is 0. The molecule has 2 atom stereocenters. The smallest absolute Gasteiger partial charge is 0.0932 e. The molecule has 0 spiro atoms. The molecule has 0 aromatic heterocycles. The van der Waals surface area contributed by atoms with E-state index in [0.717, 1.165) is 30.5 Å². The van der Waals surface area contributed by atoms with Gasteiger partial charge in [0.2, 0.25) is 0 Å². The van der Waals surface area contributed by atoms with Crippen LogP contribution in [0.5, 0.6) is 0 Å². The summed E-state index contributed by atoms with van der Waals surface area (Å²) in [4.78, 5) is 2.64. The maximum absolute atomic E-state index is 11.6. The number of hydrogen-bond donors (Lipinski definition) is 1. The number of rotatable bonds is 4. The van der Waals surface area contributed by atoms with Gasteiger partial charge in [-0.3, -0.25) is 4.90 Å². The van der Waals surface area contributed by atoms with Crippen molar-refractivity contribution in [3.05, 3.63) is 77.9 Å². The van der Waals surface area contributed by atoms with Gasteiger partial charge in [-0.25, -0.2) is 0 Å². The zero-order valence-electron chi connectivity index (χ0n) is 14.8. The summed E-state index contributed by atoms with van der Waals surface area (Å²) >= 11 is 0.